The molecule has 0 amide bonds. The van der Waals surface area contributed by atoms with E-state index in [1.54, 1.807) is 0 Å². The third-order valence-electron chi connectivity index (χ3n) is 5.69. The molecule has 1 aliphatic carbocycles. The molecule has 0 spiro atoms. The van der Waals surface area contributed by atoms with Gasteiger partial charge in [-0.25, -0.2) is 4.98 Å². The molecule has 4 rings (SSSR count). The summed E-state index contributed by atoms with van der Waals surface area (Å²) in [5, 5.41) is 3.62. The molecule has 0 atom stereocenters. The molecule has 3 aromatic rings. The van der Waals surface area contributed by atoms with Gasteiger partial charge in [-0.1, -0.05) is 49.1 Å². The number of nitrogens with zero attached hydrogens (tertiary/aromatic N) is 2. The number of hydrogen-bond donors (Lipinski definition) is 2. The van der Waals surface area contributed by atoms with E-state index in [9.17, 15) is 0 Å². The summed E-state index contributed by atoms with van der Waals surface area (Å²) < 4.78 is 0. The molecule has 0 bridgehead atoms. The van der Waals surface area contributed by atoms with Crippen LogP contribution >= 0.6 is 0 Å². The Bertz CT molecular complexity index is 902. The third kappa shape index (κ3) is 3.95. The average molecular weight is 363 g/mol. The number of hydrogen-bond acceptors (Lipinski definition) is 3. The lowest BCUT2D eigenvalue weighted by Gasteiger charge is -2.19. The summed E-state index contributed by atoms with van der Waals surface area (Å²) >= 11 is 0. The van der Waals surface area contributed by atoms with E-state index >= 15 is 0 Å². The Balaban J connectivity index is 1.61. The minimum Gasteiger partial charge on any atom is -0.379 e. The van der Waals surface area contributed by atoms with Gasteiger partial charge in [0.2, 0.25) is 0 Å². The van der Waals surface area contributed by atoms with Crippen molar-refractivity contribution >= 4 is 22.4 Å². The quantitative estimate of drug-likeness (QED) is 0.621. The second-order valence-electron chi connectivity index (χ2n) is 8.08. The fourth-order valence-corrected chi connectivity index (χ4v) is 4.05. The SMILES string of the molecule is Cc1ccc(CNc2cc3[nH]c(C4CCCCC4)nc3cc2N(C)C)cc1. The lowest BCUT2D eigenvalue weighted by molar-refractivity contribution is 0.431. The van der Waals surface area contributed by atoms with Crippen LogP contribution in [0.25, 0.3) is 11.0 Å². The lowest BCUT2D eigenvalue weighted by atomic mass is 9.89. The number of anilines is 2. The molecule has 1 fully saturated rings. The van der Waals surface area contributed by atoms with Gasteiger partial charge in [-0.3, -0.25) is 0 Å². The molecule has 0 unspecified atom stereocenters. The first-order valence-electron chi connectivity index (χ1n) is 10.1. The monoisotopic (exact) mass is 362 g/mol. The van der Waals surface area contributed by atoms with Crippen molar-refractivity contribution in [2.45, 2.75) is 51.5 Å². The van der Waals surface area contributed by atoms with Crippen molar-refractivity contribution in [3.05, 3.63) is 53.3 Å². The molecule has 0 aliphatic heterocycles. The van der Waals surface area contributed by atoms with E-state index in [2.05, 4.69) is 72.6 Å². The number of aromatic amines is 1. The van der Waals surface area contributed by atoms with Crippen LogP contribution in [0.5, 0.6) is 0 Å². The van der Waals surface area contributed by atoms with Crippen LogP contribution in [0.1, 0.15) is 55.0 Å². The van der Waals surface area contributed by atoms with Crippen LogP contribution in [0, 0.1) is 6.92 Å². The van der Waals surface area contributed by atoms with E-state index < -0.39 is 0 Å². The maximum absolute atomic E-state index is 4.94. The van der Waals surface area contributed by atoms with Gasteiger partial charge >= 0.3 is 0 Å². The summed E-state index contributed by atoms with van der Waals surface area (Å²) in [7, 11) is 4.18. The Morgan fingerprint density at radius 1 is 1.07 bits per heavy atom. The van der Waals surface area contributed by atoms with Crippen LogP contribution in [0.2, 0.25) is 0 Å². The first-order chi connectivity index (χ1) is 13.1. The van der Waals surface area contributed by atoms with Crippen LogP contribution < -0.4 is 10.2 Å². The van der Waals surface area contributed by atoms with Crippen molar-refractivity contribution in [1.29, 1.82) is 0 Å². The van der Waals surface area contributed by atoms with Gasteiger partial charge in [-0.2, -0.15) is 0 Å². The summed E-state index contributed by atoms with van der Waals surface area (Å²) in [6, 6.07) is 13.1. The van der Waals surface area contributed by atoms with Crippen LogP contribution in [0.15, 0.2) is 36.4 Å². The minimum absolute atomic E-state index is 0.595. The molecule has 0 radical (unpaired) electrons. The second-order valence-corrected chi connectivity index (χ2v) is 8.08. The van der Waals surface area contributed by atoms with Crippen LogP contribution in [0.4, 0.5) is 11.4 Å². The normalized spacial score (nSPS) is 15.2. The van der Waals surface area contributed by atoms with E-state index in [1.807, 2.05) is 0 Å². The minimum atomic E-state index is 0.595. The number of fused-ring (bicyclic) bond motifs is 1. The van der Waals surface area contributed by atoms with Crippen molar-refractivity contribution in [3.63, 3.8) is 0 Å². The van der Waals surface area contributed by atoms with Crippen molar-refractivity contribution in [2.24, 2.45) is 0 Å². The lowest BCUT2D eigenvalue weighted by Crippen LogP contribution is -2.12. The van der Waals surface area contributed by atoms with Gasteiger partial charge in [0.1, 0.15) is 5.82 Å². The number of H-pyrrole nitrogens is 1. The number of nitrogens with one attached hydrogen (secondary N) is 2. The van der Waals surface area contributed by atoms with Crippen LogP contribution in [0.3, 0.4) is 0 Å². The molecule has 1 saturated carbocycles. The van der Waals surface area contributed by atoms with E-state index in [0.717, 1.165) is 23.3 Å². The highest BCUT2D eigenvalue weighted by Crippen LogP contribution is 2.34. The predicted molar refractivity (Wildman–Crippen MR) is 115 cm³/mol. The highest BCUT2D eigenvalue weighted by atomic mass is 15.1. The fourth-order valence-electron chi connectivity index (χ4n) is 4.05. The number of aryl methyl sites for hydroxylation is 1. The zero-order valence-corrected chi connectivity index (χ0v) is 16.7. The summed E-state index contributed by atoms with van der Waals surface area (Å²) in [4.78, 5) is 10.7. The molecule has 1 aliphatic rings. The average Bonchev–Trinajstić information content (AvgIpc) is 3.10. The summed E-state index contributed by atoms with van der Waals surface area (Å²) in [6.07, 6.45) is 6.55. The highest BCUT2D eigenvalue weighted by Gasteiger charge is 2.19. The smallest absolute Gasteiger partial charge is 0.110 e. The Kier molecular flexibility index (Phi) is 5.06. The topological polar surface area (TPSA) is 44.0 Å². The van der Waals surface area contributed by atoms with Crippen molar-refractivity contribution in [1.82, 2.24) is 9.97 Å². The first kappa shape index (κ1) is 17.9. The molecule has 1 heterocycles. The largest absolute Gasteiger partial charge is 0.379 e. The van der Waals surface area contributed by atoms with Crippen LogP contribution in [-0.2, 0) is 6.54 Å². The Morgan fingerprint density at radius 2 is 1.81 bits per heavy atom. The zero-order valence-electron chi connectivity index (χ0n) is 16.7. The maximum atomic E-state index is 4.94. The number of imidazole rings is 1. The molecule has 4 heteroatoms. The van der Waals surface area contributed by atoms with Crippen molar-refractivity contribution in [2.75, 3.05) is 24.3 Å². The molecular weight excluding hydrogens is 332 g/mol. The molecule has 4 nitrogen and oxygen atoms in total. The number of benzene rings is 2. The standard InChI is InChI=1S/C23H30N4/c1-16-9-11-17(12-10-16)15-24-21-13-19-20(14-22(21)27(2)3)26-23(25-19)18-7-5-4-6-8-18/h9-14,18,24H,4-8,15H2,1-3H3,(H,25,26). The summed E-state index contributed by atoms with van der Waals surface area (Å²) in [6.45, 7) is 2.94. The first-order valence-corrected chi connectivity index (χ1v) is 10.1. The predicted octanol–water partition coefficient (Wildman–Crippen LogP) is 5.60. The van der Waals surface area contributed by atoms with Crippen molar-refractivity contribution in [3.8, 4) is 0 Å². The van der Waals surface area contributed by atoms with Gasteiger partial charge in [-0.05, 0) is 37.5 Å². The molecule has 2 aromatic carbocycles. The van der Waals surface area contributed by atoms with E-state index in [4.69, 9.17) is 4.98 Å². The van der Waals surface area contributed by atoms with Gasteiger partial charge in [-0.15, -0.1) is 0 Å². The molecule has 142 valence electrons. The van der Waals surface area contributed by atoms with E-state index in [1.165, 1.54) is 54.7 Å². The Hall–Kier alpha value is -2.49. The molecule has 0 saturated heterocycles. The van der Waals surface area contributed by atoms with E-state index in [-0.39, 0.29) is 0 Å². The fraction of sp³-hybridized carbons (Fsp3) is 0.435. The van der Waals surface area contributed by atoms with Gasteiger partial charge in [0.15, 0.2) is 0 Å². The molecule has 1 aromatic heterocycles. The molecule has 27 heavy (non-hydrogen) atoms. The molecule has 2 N–H and O–H groups in total. The van der Waals surface area contributed by atoms with E-state index in [0.29, 0.717) is 5.92 Å². The maximum Gasteiger partial charge on any atom is 0.110 e. The second kappa shape index (κ2) is 7.63. The number of rotatable bonds is 5. The van der Waals surface area contributed by atoms with Crippen LogP contribution in [-0.4, -0.2) is 24.1 Å². The Labute approximate surface area is 162 Å². The number of aromatic nitrogens is 2. The summed E-state index contributed by atoms with van der Waals surface area (Å²) in [5.74, 6) is 1.77. The van der Waals surface area contributed by atoms with Gasteiger partial charge in [0.05, 0.1) is 22.4 Å². The Morgan fingerprint density at radius 3 is 2.52 bits per heavy atom. The van der Waals surface area contributed by atoms with Gasteiger partial charge < -0.3 is 15.2 Å². The highest BCUT2D eigenvalue weighted by molar-refractivity contribution is 5.88. The van der Waals surface area contributed by atoms with Gasteiger partial charge in [0, 0.05) is 26.6 Å². The third-order valence-corrected chi connectivity index (χ3v) is 5.69. The molecular formula is C23H30N4. The van der Waals surface area contributed by atoms with Gasteiger partial charge in [0.25, 0.3) is 0 Å². The van der Waals surface area contributed by atoms with Crippen molar-refractivity contribution < 1.29 is 0 Å². The zero-order chi connectivity index (χ0) is 18.8. The summed E-state index contributed by atoms with van der Waals surface area (Å²) in [5.41, 5.74) is 7.11.